The van der Waals surface area contributed by atoms with E-state index < -0.39 is 0 Å². The topological polar surface area (TPSA) is 46.3 Å². The minimum absolute atomic E-state index is 0.128. The zero-order valence-corrected chi connectivity index (χ0v) is 12.0. The Bertz CT molecular complexity index is 268. The molecule has 1 fully saturated rings. The van der Waals surface area contributed by atoms with Crippen LogP contribution in [-0.2, 0) is 4.79 Å². The van der Waals surface area contributed by atoms with E-state index in [4.69, 9.17) is 5.73 Å². The van der Waals surface area contributed by atoms with Gasteiger partial charge in [-0.05, 0) is 30.1 Å². The number of amides is 1. The molecule has 0 aromatic carbocycles. The normalized spacial score (nSPS) is 23.2. The summed E-state index contributed by atoms with van der Waals surface area (Å²) >= 11 is 0. The Morgan fingerprint density at radius 2 is 2.00 bits per heavy atom. The zero-order valence-electron chi connectivity index (χ0n) is 12.0. The monoisotopic (exact) mass is 240 g/mol. The molecule has 0 radical (unpaired) electrons. The van der Waals surface area contributed by atoms with E-state index >= 15 is 0 Å². The molecule has 0 bridgehead atoms. The summed E-state index contributed by atoms with van der Waals surface area (Å²) in [5, 5.41) is 0. The molecule has 0 aliphatic carbocycles. The molecule has 0 spiro atoms. The predicted octanol–water partition coefficient (Wildman–Crippen LogP) is 2.25. The van der Waals surface area contributed by atoms with Crippen LogP contribution in [0.3, 0.4) is 0 Å². The Hall–Kier alpha value is -0.570. The van der Waals surface area contributed by atoms with E-state index in [1.165, 1.54) is 6.42 Å². The van der Waals surface area contributed by atoms with E-state index in [1.807, 2.05) is 25.7 Å². The maximum Gasteiger partial charge on any atom is 0.240 e. The number of likely N-dealkylation sites (tertiary alicyclic amines) is 1. The molecule has 3 nitrogen and oxygen atoms in total. The molecule has 1 heterocycles. The van der Waals surface area contributed by atoms with Gasteiger partial charge in [0.05, 0.1) is 6.04 Å². The Kier molecular flexibility index (Phi) is 4.59. The van der Waals surface area contributed by atoms with Gasteiger partial charge in [-0.2, -0.15) is 0 Å². The molecule has 100 valence electrons. The molecule has 1 aliphatic heterocycles. The summed E-state index contributed by atoms with van der Waals surface area (Å²) in [5.41, 5.74) is 5.88. The largest absolute Gasteiger partial charge is 0.341 e. The van der Waals surface area contributed by atoms with Crippen molar-refractivity contribution in [2.75, 3.05) is 13.1 Å². The summed E-state index contributed by atoms with van der Waals surface area (Å²) in [7, 11) is 0. The number of hydrogen-bond donors (Lipinski definition) is 1. The highest BCUT2D eigenvalue weighted by molar-refractivity contribution is 5.82. The lowest BCUT2D eigenvalue weighted by Crippen LogP contribution is -2.49. The second-order valence-electron chi connectivity index (χ2n) is 6.91. The molecular formula is C14H28N2O. The van der Waals surface area contributed by atoms with Crippen molar-refractivity contribution < 1.29 is 4.79 Å². The summed E-state index contributed by atoms with van der Waals surface area (Å²) in [6.45, 7) is 12.4. The number of nitrogens with two attached hydrogens (primary N) is 1. The average molecular weight is 240 g/mol. The van der Waals surface area contributed by atoms with Crippen molar-refractivity contribution in [1.29, 1.82) is 0 Å². The van der Waals surface area contributed by atoms with Crippen LogP contribution in [0.15, 0.2) is 0 Å². The molecule has 1 unspecified atom stereocenters. The lowest BCUT2D eigenvalue weighted by molar-refractivity contribution is -0.134. The van der Waals surface area contributed by atoms with Crippen LogP contribution in [0.5, 0.6) is 0 Å². The summed E-state index contributed by atoms with van der Waals surface area (Å²) in [6, 6.07) is -0.375. The van der Waals surface area contributed by atoms with Crippen LogP contribution in [0.4, 0.5) is 0 Å². The summed E-state index contributed by atoms with van der Waals surface area (Å²) in [4.78, 5) is 14.2. The third-order valence-corrected chi connectivity index (χ3v) is 3.60. The first kappa shape index (κ1) is 14.5. The molecule has 1 saturated heterocycles. The number of nitrogens with zero attached hydrogens (tertiary/aromatic N) is 1. The van der Waals surface area contributed by atoms with E-state index in [0.29, 0.717) is 11.8 Å². The Morgan fingerprint density at radius 3 is 2.47 bits per heavy atom. The highest BCUT2D eigenvalue weighted by Crippen LogP contribution is 2.26. The van der Waals surface area contributed by atoms with Gasteiger partial charge in [-0.1, -0.05) is 34.6 Å². The minimum atomic E-state index is -0.375. The Labute approximate surface area is 106 Å². The Balaban J connectivity index is 2.51. The predicted molar refractivity (Wildman–Crippen MR) is 71.6 cm³/mol. The van der Waals surface area contributed by atoms with Crippen molar-refractivity contribution in [2.45, 2.75) is 53.5 Å². The van der Waals surface area contributed by atoms with Crippen LogP contribution in [0.2, 0.25) is 0 Å². The van der Waals surface area contributed by atoms with Gasteiger partial charge in [0.15, 0.2) is 0 Å². The molecule has 2 N–H and O–H groups in total. The molecule has 1 amide bonds. The van der Waals surface area contributed by atoms with Crippen molar-refractivity contribution >= 4 is 5.91 Å². The molecule has 2 atom stereocenters. The first-order valence-corrected chi connectivity index (χ1v) is 6.76. The molecule has 1 aliphatic rings. The number of rotatable bonds is 3. The van der Waals surface area contributed by atoms with Gasteiger partial charge in [0.2, 0.25) is 5.91 Å². The lowest BCUT2D eigenvalue weighted by atomic mass is 9.86. The SMILES string of the molecule is CC(C)CC1CCN(C(=O)[C@@H](N)C(C)(C)C)C1. The van der Waals surface area contributed by atoms with Crippen LogP contribution >= 0.6 is 0 Å². The second kappa shape index (κ2) is 5.38. The second-order valence-corrected chi connectivity index (χ2v) is 6.91. The lowest BCUT2D eigenvalue weighted by Gasteiger charge is -2.30. The fourth-order valence-corrected chi connectivity index (χ4v) is 2.46. The zero-order chi connectivity index (χ0) is 13.2. The highest BCUT2D eigenvalue weighted by atomic mass is 16.2. The average Bonchev–Trinajstić information content (AvgIpc) is 2.61. The van der Waals surface area contributed by atoms with Crippen molar-refractivity contribution in [3.63, 3.8) is 0 Å². The third-order valence-electron chi connectivity index (χ3n) is 3.60. The van der Waals surface area contributed by atoms with E-state index in [9.17, 15) is 4.79 Å². The van der Waals surface area contributed by atoms with E-state index in [2.05, 4.69) is 13.8 Å². The molecule has 3 heteroatoms. The molecule has 0 aromatic heterocycles. The van der Waals surface area contributed by atoms with Crippen LogP contribution in [-0.4, -0.2) is 29.9 Å². The fourth-order valence-electron chi connectivity index (χ4n) is 2.46. The van der Waals surface area contributed by atoms with Gasteiger partial charge in [0.1, 0.15) is 0 Å². The summed E-state index contributed by atoms with van der Waals surface area (Å²) in [5.74, 6) is 1.52. The maximum atomic E-state index is 12.2. The van der Waals surface area contributed by atoms with Crippen LogP contribution in [0, 0.1) is 17.3 Å². The van der Waals surface area contributed by atoms with Gasteiger partial charge >= 0.3 is 0 Å². The van der Waals surface area contributed by atoms with Crippen LogP contribution in [0.25, 0.3) is 0 Å². The summed E-state index contributed by atoms with van der Waals surface area (Å²) in [6.07, 6.45) is 2.36. The smallest absolute Gasteiger partial charge is 0.240 e. The standard InChI is InChI=1S/C14H28N2O/c1-10(2)8-11-6-7-16(9-11)13(17)12(15)14(3,4)5/h10-12H,6-9,15H2,1-5H3/t11?,12-/m1/s1. The van der Waals surface area contributed by atoms with Crippen molar-refractivity contribution in [2.24, 2.45) is 23.0 Å². The van der Waals surface area contributed by atoms with Gasteiger partial charge in [-0.3, -0.25) is 4.79 Å². The fraction of sp³-hybridized carbons (Fsp3) is 0.929. The first-order valence-electron chi connectivity index (χ1n) is 6.76. The van der Waals surface area contributed by atoms with E-state index in [1.54, 1.807) is 0 Å². The quantitative estimate of drug-likeness (QED) is 0.822. The van der Waals surface area contributed by atoms with Crippen LogP contribution < -0.4 is 5.73 Å². The number of hydrogen-bond acceptors (Lipinski definition) is 2. The number of carbonyl (C=O) groups is 1. The van der Waals surface area contributed by atoms with Gasteiger partial charge in [-0.15, -0.1) is 0 Å². The third kappa shape index (κ3) is 3.98. The molecule has 0 saturated carbocycles. The summed E-state index contributed by atoms with van der Waals surface area (Å²) < 4.78 is 0. The maximum absolute atomic E-state index is 12.2. The Morgan fingerprint density at radius 1 is 1.41 bits per heavy atom. The minimum Gasteiger partial charge on any atom is -0.341 e. The first-order chi connectivity index (χ1) is 7.71. The molecule has 1 rings (SSSR count). The van der Waals surface area contributed by atoms with Crippen molar-refractivity contribution in [1.82, 2.24) is 4.90 Å². The van der Waals surface area contributed by atoms with Gasteiger partial charge in [0.25, 0.3) is 0 Å². The van der Waals surface area contributed by atoms with Gasteiger partial charge in [-0.25, -0.2) is 0 Å². The van der Waals surface area contributed by atoms with Crippen molar-refractivity contribution in [3.8, 4) is 0 Å². The molecule has 0 aromatic rings. The van der Waals surface area contributed by atoms with Crippen molar-refractivity contribution in [3.05, 3.63) is 0 Å². The molecular weight excluding hydrogens is 212 g/mol. The van der Waals surface area contributed by atoms with Gasteiger partial charge in [0, 0.05) is 13.1 Å². The van der Waals surface area contributed by atoms with E-state index in [0.717, 1.165) is 19.5 Å². The molecule has 17 heavy (non-hydrogen) atoms. The highest BCUT2D eigenvalue weighted by Gasteiger charge is 2.34. The van der Waals surface area contributed by atoms with E-state index in [-0.39, 0.29) is 17.4 Å². The van der Waals surface area contributed by atoms with Gasteiger partial charge < -0.3 is 10.6 Å². The number of carbonyl (C=O) groups excluding carboxylic acids is 1. The van der Waals surface area contributed by atoms with Crippen LogP contribution in [0.1, 0.15) is 47.5 Å².